The third-order valence-corrected chi connectivity index (χ3v) is 3.32. The van der Waals surface area contributed by atoms with Gasteiger partial charge in [0.05, 0.1) is 0 Å². The Morgan fingerprint density at radius 3 is 3.13 bits per heavy atom. The first-order chi connectivity index (χ1) is 7.29. The standard InChI is InChI=1S/C9H10ClN3OS/c10-8-2-1-7(5-11-8)6-13-3-4-15-9(13)12-14/h1-2,5,14H,3-4,6H2/b12-9+. The molecule has 1 aromatic rings. The van der Waals surface area contributed by atoms with E-state index in [1.54, 1.807) is 24.0 Å². The fourth-order valence-corrected chi connectivity index (χ4v) is 2.40. The van der Waals surface area contributed by atoms with Gasteiger partial charge in [-0.2, -0.15) is 0 Å². The third kappa shape index (κ3) is 2.54. The number of thioether (sulfide) groups is 1. The van der Waals surface area contributed by atoms with Crippen molar-refractivity contribution < 1.29 is 5.21 Å². The van der Waals surface area contributed by atoms with Crippen LogP contribution in [0.2, 0.25) is 5.15 Å². The van der Waals surface area contributed by atoms with E-state index in [9.17, 15) is 0 Å². The Labute approximate surface area is 96.9 Å². The number of halogens is 1. The second-order valence-electron chi connectivity index (χ2n) is 3.14. The molecule has 1 saturated heterocycles. The zero-order chi connectivity index (χ0) is 10.7. The molecule has 0 saturated carbocycles. The van der Waals surface area contributed by atoms with Crippen LogP contribution in [-0.4, -0.2) is 32.6 Å². The number of pyridine rings is 1. The highest BCUT2D eigenvalue weighted by Crippen LogP contribution is 2.20. The quantitative estimate of drug-likeness (QED) is 0.491. The summed E-state index contributed by atoms with van der Waals surface area (Å²) in [6, 6.07) is 3.68. The summed E-state index contributed by atoms with van der Waals surface area (Å²) in [5, 5.41) is 13.2. The Balaban J connectivity index is 2.05. The molecule has 0 radical (unpaired) electrons. The van der Waals surface area contributed by atoms with Crippen LogP contribution in [-0.2, 0) is 6.54 Å². The Bertz CT molecular complexity index is 368. The molecule has 6 heteroatoms. The van der Waals surface area contributed by atoms with E-state index in [1.807, 2.05) is 11.0 Å². The second kappa shape index (κ2) is 4.72. The lowest BCUT2D eigenvalue weighted by Crippen LogP contribution is -2.23. The summed E-state index contributed by atoms with van der Waals surface area (Å²) in [7, 11) is 0. The number of aromatic nitrogens is 1. The molecule has 2 heterocycles. The largest absolute Gasteiger partial charge is 0.409 e. The molecule has 0 aliphatic carbocycles. The summed E-state index contributed by atoms with van der Waals surface area (Å²) < 4.78 is 0. The zero-order valence-electron chi connectivity index (χ0n) is 7.93. The number of rotatable bonds is 2. The summed E-state index contributed by atoms with van der Waals surface area (Å²) in [6.07, 6.45) is 1.74. The van der Waals surface area contributed by atoms with E-state index in [2.05, 4.69) is 10.1 Å². The molecule has 0 spiro atoms. The molecule has 1 fully saturated rings. The normalized spacial score (nSPS) is 18.7. The minimum absolute atomic E-state index is 0.491. The average molecular weight is 244 g/mol. The molecular weight excluding hydrogens is 234 g/mol. The van der Waals surface area contributed by atoms with Crippen molar-refractivity contribution in [1.82, 2.24) is 9.88 Å². The van der Waals surface area contributed by atoms with Gasteiger partial charge >= 0.3 is 0 Å². The van der Waals surface area contributed by atoms with Crippen molar-refractivity contribution in [1.29, 1.82) is 0 Å². The van der Waals surface area contributed by atoms with E-state index in [1.165, 1.54) is 0 Å². The van der Waals surface area contributed by atoms with E-state index in [-0.39, 0.29) is 0 Å². The van der Waals surface area contributed by atoms with Crippen molar-refractivity contribution in [2.75, 3.05) is 12.3 Å². The van der Waals surface area contributed by atoms with Crippen molar-refractivity contribution in [3.63, 3.8) is 0 Å². The molecule has 15 heavy (non-hydrogen) atoms. The van der Waals surface area contributed by atoms with Gasteiger partial charge in [-0.05, 0) is 11.6 Å². The molecule has 80 valence electrons. The van der Waals surface area contributed by atoms with Crippen LogP contribution in [0.15, 0.2) is 23.5 Å². The number of hydrogen-bond donors (Lipinski definition) is 1. The van der Waals surface area contributed by atoms with Crippen LogP contribution in [0.3, 0.4) is 0 Å². The smallest absolute Gasteiger partial charge is 0.202 e. The van der Waals surface area contributed by atoms with E-state index in [0.717, 1.165) is 17.9 Å². The molecule has 0 aromatic carbocycles. The van der Waals surface area contributed by atoms with Crippen LogP contribution in [0.5, 0.6) is 0 Å². The van der Waals surface area contributed by atoms with Crippen molar-refractivity contribution in [3.8, 4) is 0 Å². The number of nitrogens with zero attached hydrogens (tertiary/aromatic N) is 3. The van der Waals surface area contributed by atoms with Crippen LogP contribution in [0.25, 0.3) is 0 Å². The summed E-state index contributed by atoms with van der Waals surface area (Å²) in [5.74, 6) is 0.959. The summed E-state index contributed by atoms with van der Waals surface area (Å²) in [6.45, 7) is 1.60. The van der Waals surface area contributed by atoms with Gasteiger partial charge in [0, 0.05) is 25.0 Å². The molecule has 1 aliphatic heterocycles. The highest BCUT2D eigenvalue weighted by molar-refractivity contribution is 8.14. The first kappa shape index (κ1) is 10.6. The average Bonchev–Trinajstić information content (AvgIpc) is 2.69. The van der Waals surface area contributed by atoms with Crippen molar-refractivity contribution in [3.05, 3.63) is 29.0 Å². The summed E-state index contributed by atoms with van der Waals surface area (Å²) in [4.78, 5) is 6.01. The first-order valence-corrected chi connectivity index (χ1v) is 5.86. The van der Waals surface area contributed by atoms with Crippen LogP contribution in [0, 0.1) is 0 Å². The van der Waals surface area contributed by atoms with Crippen molar-refractivity contribution in [2.45, 2.75) is 6.54 Å². The maximum absolute atomic E-state index is 8.75. The fourth-order valence-electron chi connectivity index (χ4n) is 1.39. The molecule has 2 rings (SSSR count). The van der Waals surface area contributed by atoms with Crippen molar-refractivity contribution >= 4 is 28.5 Å². The van der Waals surface area contributed by atoms with Gasteiger partial charge in [0.1, 0.15) is 5.15 Å². The molecule has 0 atom stereocenters. The van der Waals surface area contributed by atoms with Gasteiger partial charge in [-0.25, -0.2) is 4.98 Å². The van der Waals surface area contributed by atoms with Gasteiger partial charge in [0.15, 0.2) is 0 Å². The maximum Gasteiger partial charge on any atom is 0.202 e. The summed E-state index contributed by atoms with van der Waals surface area (Å²) >= 11 is 7.24. The topological polar surface area (TPSA) is 48.7 Å². The minimum Gasteiger partial charge on any atom is -0.409 e. The lowest BCUT2D eigenvalue weighted by atomic mass is 10.3. The van der Waals surface area contributed by atoms with E-state index in [4.69, 9.17) is 16.8 Å². The van der Waals surface area contributed by atoms with Crippen LogP contribution >= 0.6 is 23.4 Å². The Morgan fingerprint density at radius 1 is 1.60 bits per heavy atom. The van der Waals surface area contributed by atoms with Gasteiger partial charge in [0.2, 0.25) is 5.17 Å². The molecule has 1 aromatic heterocycles. The Kier molecular flexibility index (Phi) is 3.33. The SMILES string of the molecule is O/N=C1/SCCN1Cc1ccc(Cl)nc1. The number of amidine groups is 1. The first-order valence-electron chi connectivity index (χ1n) is 4.50. The lowest BCUT2D eigenvalue weighted by molar-refractivity contribution is 0.306. The van der Waals surface area contributed by atoms with Gasteiger partial charge in [0.25, 0.3) is 0 Å². The number of oxime groups is 1. The molecule has 0 bridgehead atoms. The zero-order valence-corrected chi connectivity index (χ0v) is 9.50. The third-order valence-electron chi connectivity index (χ3n) is 2.11. The van der Waals surface area contributed by atoms with Crippen LogP contribution in [0.4, 0.5) is 0 Å². The molecule has 4 nitrogen and oxygen atoms in total. The highest BCUT2D eigenvalue weighted by atomic mass is 35.5. The maximum atomic E-state index is 8.75. The van der Waals surface area contributed by atoms with E-state index in [0.29, 0.717) is 16.9 Å². The molecule has 0 unspecified atom stereocenters. The van der Waals surface area contributed by atoms with E-state index >= 15 is 0 Å². The monoisotopic (exact) mass is 243 g/mol. The van der Waals surface area contributed by atoms with E-state index < -0.39 is 0 Å². The fraction of sp³-hybridized carbons (Fsp3) is 0.333. The minimum atomic E-state index is 0.491. The van der Waals surface area contributed by atoms with Crippen LogP contribution in [0.1, 0.15) is 5.56 Å². The predicted octanol–water partition coefficient (Wildman–Crippen LogP) is 2.03. The lowest BCUT2D eigenvalue weighted by Gasteiger charge is -2.16. The second-order valence-corrected chi connectivity index (χ2v) is 4.59. The van der Waals surface area contributed by atoms with Gasteiger partial charge in [-0.15, -0.1) is 0 Å². The van der Waals surface area contributed by atoms with Crippen LogP contribution < -0.4 is 0 Å². The number of hydrogen-bond acceptors (Lipinski definition) is 4. The molecule has 1 aliphatic rings. The van der Waals surface area contributed by atoms with Gasteiger partial charge < -0.3 is 10.1 Å². The predicted molar refractivity (Wildman–Crippen MR) is 61.3 cm³/mol. The van der Waals surface area contributed by atoms with Gasteiger partial charge in [-0.3, -0.25) is 0 Å². The van der Waals surface area contributed by atoms with Gasteiger partial charge in [-0.1, -0.05) is 34.6 Å². The molecular formula is C9H10ClN3OS. The summed E-state index contributed by atoms with van der Waals surface area (Å²) in [5.41, 5.74) is 1.06. The molecule has 1 N–H and O–H groups in total. The Morgan fingerprint density at radius 2 is 2.47 bits per heavy atom. The highest BCUT2D eigenvalue weighted by Gasteiger charge is 2.19. The van der Waals surface area contributed by atoms with Crippen molar-refractivity contribution in [2.24, 2.45) is 5.16 Å². The Hall–Kier alpha value is -0.940. The molecule has 0 amide bonds.